The summed E-state index contributed by atoms with van der Waals surface area (Å²) >= 11 is 0. The summed E-state index contributed by atoms with van der Waals surface area (Å²) in [5.41, 5.74) is 1.20. The molecule has 21 heavy (non-hydrogen) atoms. The number of anilines is 1. The minimum absolute atomic E-state index is 0.00513. The summed E-state index contributed by atoms with van der Waals surface area (Å²) in [6.45, 7) is 8.72. The first-order valence-corrected chi connectivity index (χ1v) is 7.52. The second kappa shape index (κ2) is 6.43. The highest BCUT2D eigenvalue weighted by Crippen LogP contribution is 2.30. The molecule has 4 nitrogen and oxygen atoms in total. The Morgan fingerprint density at radius 2 is 2.19 bits per heavy atom. The summed E-state index contributed by atoms with van der Waals surface area (Å²) in [7, 11) is 0. The molecule has 1 aliphatic rings. The van der Waals surface area contributed by atoms with Crippen LogP contribution in [0.15, 0.2) is 18.2 Å². The van der Waals surface area contributed by atoms with E-state index in [0.717, 1.165) is 30.8 Å². The molecular formula is C16H24FN3O. The number of benzene rings is 1. The van der Waals surface area contributed by atoms with Crippen LogP contribution in [-0.2, 0) is 11.3 Å². The highest BCUT2D eigenvalue weighted by Gasteiger charge is 2.38. The van der Waals surface area contributed by atoms with Crippen LogP contribution in [0.4, 0.5) is 10.1 Å². The van der Waals surface area contributed by atoms with Crippen LogP contribution in [0.5, 0.6) is 0 Å². The average molecular weight is 293 g/mol. The van der Waals surface area contributed by atoms with Gasteiger partial charge in [-0.15, -0.1) is 0 Å². The number of rotatable bonds is 5. The Bertz CT molecular complexity index is 516. The van der Waals surface area contributed by atoms with Gasteiger partial charge in [-0.25, -0.2) is 4.39 Å². The van der Waals surface area contributed by atoms with Crippen molar-refractivity contribution in [2.75, 3.05) is 24.5 Å². The number of halogens is 1. The van der Waals surface area contributed by atoms with Crippen molar-refractivity contribution in [3.63, 3.8) is 0 Å². The quantitative estimate of drug-likeness (QED) is 0.817. The van der Waals surface area contributed by atoms with Crippen LogP contribution in [-0.4, -0.2) is 31.1 Å². The highest BCUT2D eigenvalue weighted by molar-refractivity contribution is 5.90. The van der Waals surface area contributed by atoms with Crippen LogP contribution in [0.1, 0.15) is 32.8 Å². The van der Waals surface area contributed by atoms with Crippen LogP contribution in [0, 0.1) is 5.82 Å². The number of carbonyl (C=O) groups is 1. The number of piperazine rings is 1. The minimum atomic E-state index is -0.629. The fraction of sp³-hybridized carbons (Fsp3) is 0.562. The zero-order valence-corrected chi connectivity index (χ0v) is 13.0. The van der Waals surface area contributed by atoms with Gasteiger partial charge in [0.1, 0.15) is 11.4 Å². The summed E-state index contributed by atoms with van der Waals surface area (Å²) in [4.78, 5) is 14.2. The Labute approximate surface area is 125 Å². The zero-order valence-electron chi connectivity index (χ0n) is 13.0. The maximum absolute atomic E-state index is 13.6. The van der Waals surface area contributed by atoms with Gasteiger partial charge in [-0.3, -0.25) is 4.79 Å². The van der Waals surface area contributed by atoms with Crippen molar-refractivity contribution < 1.29 is 9.18 Å². The smallest absolute Gasteiger partial charge is 0.245 e. The molecule has 1 aromatic carbocycles. The summed E-state index contributed by atoms with van der Waals surface area (Å²) in [5, 5.41) is 6.19. The van der Waals surface area contributed by atoms with Crippen LogP contribution in [0.3, 0.4) is 0 Å². The van der Waals surface area contributed by atoms with Crippen molar-refractivity contribution >= 4 is 11.6 Å². The molecule has 0 saturated carbocycles. The summed E-state index contributed by atoms with van der Waals surface area (Å²) in [6.07, 6.45) is 1.03. The van der Waals surface area contributed by atoms with E-state index in [1.54, 1.807) is 12.1 Å². The molecule has 0 aromatic heterocycles. The lowest BCUT2D eigenvalue weighted by Gasteiger charge is -2.43. The summed E-state index contributed by atoms with van der Waals surface area (Å²) in [6, 6.07) is 4.79. The molecule has 2 N–H and O–H groups in total. The standard InChI is InChI=1S/C16H24FN3O/c1-4-7-18-11-12-10-13(17)5-6-14(12)20-9-8-19-15(21)16(20,2)3/h5-6,10,18H,4,7-9,11H2,1-3H3,(H,19,21). The van der Waals surface area contributed by atoms with Gasteiger partial charge in [0.15, 0.2) is 0 Å². The third-order valence-corrected chi connectivity index (χ3v) is 3.93. The lowest BCUT2D eigenvalue weighted by molar-refractivity contribution is -0.126. The number of nitrogens with zero attached hydrogens (tertiary/aromatic N) is 1. The fourth-order valence-corrected chi connectivity index (χ4v) is 2.68. The summed E-state index contributed by atoms with van der Waals surface area (Å²) < 4.78 is 13.6. The molecule has 1 aromatic rings. The number of amides is 1. The van der Waals surface area contributed by atoms with E-state index in [9.17, 15) is 9.18 Å². The predicted octanol–water partition coefficient (Wildman–Crippen LogP) is 2.04. The van der Waals surface area contributed by atoms with E-state index in [0.29, 0.717) is 13.1 Å². The zero-order chi connectivity index (χ0) is 15.5. The largest absolute Gasteiger partial charge is 0.355 e. The van der Waals surface area contributed by atoms with Crippen molar-refractivity contribution in [2.45, 2.75) is 39.3 Å². The molecule has 0 radical (unpaired) electrons. The first-order chi connectivity index (χ1) is 9.96. The topological polar surface area (TPSA) is 44.4 Å². The number of nitrogens with one attached hydrogen (secondary N) is 2. The molecule has 1 heterocycles. The molecule has 1 aliphatic heterocycles. The van der Waals surface area contributed by atoms with Gasteiger partial charge >= 0.3 is 0 Å². The van der Waals surface area contributed by atoms with E-state index in [4.69, 9.17) is 0 Å². The van der Waals surface area contributed by atoms with Gasteiger partial charge in [-0.05, 0) is 50.6 Å². The van der Waals surface area contributed by atoms with Crippen molar-refractivity contribution in [1.29, 1.82) is 0 Å². The van der Waals surface area contributed by atoms with E-state index < -0.39 is 5.54 Å². The van der Waals surface area contributed by atoms with E-state index >= 15 is 0 Å². The molecule has 0 spiro atoms. The monoisotopic (exact) mass is 293 g/mol. The van der Waals surface area contributed by atoms with Crippen LogP contribution >= 0.6 is 0 Å². The van der Waals surface area contributed by atoms with Gasteiger partial charge in [-0.1, -0.05) is 6.92 Å². The molecule has 1 fully saturated rings. The summed E-state index contributed by atoms with van der Waals surface area (Å²) in [5.74, 6) is -0.239. The first kappa shape index (κ1) is 15.8. The molecule has 0 unspecified atom stereocenters. The second-order valence-corrected chi connectivity index (χ2v) is 5.92. The fourth-order valence-electron chi connectivity index (χ4n) is 2.68. The lowest BCUT2D eigenvalue weighted by atomic mass is 9.96. The Kier molecular flexibility index (Phi) is 4.83. The predicted molar refractivity (Wildman–Crippen MR) is 82.8 cm³/mol. The van der Waals surface area contributed by atoms with Crippen molar-refractivity contribution in [3.05, 3.63) is 29.6 Å². The second-order valence-electron chi connectivity index (χ2n) is 5.92. The third-order valence-electron chi connectivity index (χ3n) is 3.93. The molecule has 116 valence electrons. The number of hydrogen-bond donors (Lipinski definition) is 2. The van der Waals surface area contributed by atoms with Gasteiger partial charge in [-0.2, -0.15) is 0 Å². The van der Waals surface area contributed by atoms with Crippen LogP contribution in [0.25, 0.3) is 0 Å². The van der Waals surface area contributed by atoms with Gasteiger partial charge in [0.05, 0.1) is 0 Å². The van der Waals surface area contributed by atoms with Crippen molar-refractivity contribution in [2.24, 2.45) is 0 Å². The van der Waals surface area contributed by atoms with E-state index in [-0.39, 0.29) is 11.7 Å². The number of hydrogen-bond acceptors (Lipinski definition) is 3. The normalized spacial score (nSPS) is 17.7. The lowest BCUT2D eigenvalue weighted by Crippen LogP contribution is -2.62. The van der Waals surface area contributed by atoms with Gasteiger partial charge in [0, 0.05) is 25.3 Å². The maximum atomic E-state index is 13.6. The van der Waals surface area contributed by atoms with Crippen molar-refractivity contribution in [1.82, 2.24) is 10.6 Å². The Balaban J connectivity index is 2.31. The molecular weight excluding hydrogens is 269 g/mol. The van der Waals surface area contributed by atoms with E-state index in [2.05, 4.69) is 22.5 Å². The van der Waals surface area contributed by atoms with Crippen LogP contribution in [0.2, 0.25) is 0 Å². The Hall–Kier alpha value is -1.62. The average Bonchev–Trinajstić information content (AvgIpc) is 2.43. The van der Waals surface area contributed by atoms with Gasteiger partial charge in [0.2, 0.25) is 5.91 Å². The van der Waals surface area contributed by atoms with Crippen molar-refractivity contribution in [3.8, 4) is 0 Å². The molecule has 0 aliphatic carbocycles. The van der Waals surface area contributed by atoms with Gasteiger partial charge < -0.3 is 15.5 Å². The molecule has 0 atom stereocenters. The SMILES string of the molecule is CCCNCc1cc(F)ccc1N1CCNC(=O)C1(C)C. The first-order valence-electron chi connectivity index (χ1n) is 7.52. The van der Waals surface area contributed by atoms with E-state index in [1.165, 1.54) is 6.07 Å². The minimum Gasteiger partial charge on any atom is -0.355 e. The number of carbonyl (C=O) groups excluding carboxylic acids is 1. The molecule has 1 amide bonds. The molecule has 2 rings (SSSR count). The third kappa shape index (κ3) is 3.35. The molecule has 0 bridgehead atoms. The van der Waals surface area contributed by atoms with Gasteiger partial charge in [0.25, 0.3) is 0 Å². The Morgan fingerprint density at radius 3 is 2.90 bits per heavy atom. The Morgan fingerprint density at radius 1 is 1.43 bits per heavy atom. The van der Waals surface area contributed by atoms with E-state index in [1.807, 2.05) is 13.8 Å². The maximum Gasteiger partial charge on any atom is 0.245 e. The molecule has 1 saturated heterocycles. The van der Waals surface area contributed by atoms with Crippen LogP contribution < -0.4 is 15.5 Å². The highest BCUT2D eigenvalue weighted by atomic mass is 19.1. The molecule has 5 heteroatoms.